The summed E-state index contributed by atoms with van der Waals surface area (Å²) in [6.07, 6.45) is 0.694. The number of hydrogen-bond acceptors (Lipinski definition) is 7. The first-order valence-electron chi connectivity index (χ1n) is 10.6. The number of fused-ring (bicyclic) bond motifs is 1. The van der Waals surface area contributed by atoms with Crippen LogP contribution in [0.1, 0.15) is 26.0 Å². The van der Waals surface area contributed by atoms with Crippen LogP contribution in [0.15, 0.2) is 57.7 Å². The molecule has 1 heterocycles. The molecule has 174 valence electrons. The highest BCUT2D eigenvalue weighted by Gasteiger charge is 2.26. The van der Waals surface area contributed by atoms with E-state index < -0.39 is 17.9 Å². The highest BCUT2D eigenvalue weighted by Crippen LogP contribution is 2.27. The average Bonchev–Trinajstić information content (AvgIpc) is 2.83. The summed E-state index contributed by atoms with van der Waals surface area (Å²) in [5, 5.41) is 2.97. The van der Waals surface area contributed by atoms with Crippen molar-refractivity contribution < 1.29 is 28.2 Å². The van der Waals surface area contributed by atoms with Crippen LogP contribution in [-0.4, -0.2) is 31.6 Å². The summed E-state index contributed by atoms with van der Waals surface area (Å²) in [6, 6.07) is 12.9. The number of ether oxygens (including phenoxy) is 3. The molecule has 2 atom stereocenters. The van der Waals surface area contributed by atoms with Gasteiger partial charge in [0.25, 0.3) is 5.91 Å². The predicted molar refractivity (Wildman–Crippen MR) is 123 cm³/mol. The van der Waals surface area contributed by atoms with Crippen molar-refractivity contribution in [3.63, 3.8) is 0 Å². The smallest absolute Gasteiger partial charge is 0.328 e. The minimum Gasteiger partial charge on any atom is -0.484 e. The van der Waals surface area contributed by atoms with Crippen LogP contribution in [0.4, 0.5) is 0 Å². The molecule has 0 saturated carbocycles. The van der Waals surface area contributed by atoms with Gasteiger partial charge in [-0.1, -0.05) is 38.5 Å². The van der Waals surface area contributed by atoms with Crippen LogP contribution in [0.5, 0.6) is 17.2 Å². The molecule has 0 aliphatic rings. The number of amides is 1. The number of nitrogens with one attached hydrogen (secondary N) is 1. The van der Waals surface area contributed by atoms with Gasteiger partial charge >= 0.3 is 5.97 Å². The minimum absolute atomic E-state index is 0.0911. The van der Waals surface area contributed by atoms with E-state index in [0.29, 0.717) is 34.6 Å². The standard InChI is InChI=1S/C25H27NO7/c1-5-15(2)22(25(29)30-4)26-21(27)14-31-18-11-12-19-20(13-18)32-16(3)24(23(19)28)33-17-9-7-6-8-10-17/h6-13,15,22H,5,14H2,1-4H3,(H,26,27). The van der Waals surface area contributed by atoms with E-state index in [2.05, 4.69) is 5.32 Å². The summed E-state index contributed by atoms with van der Waals surface area (Å²) >= 11 is 0. The second-order valence-corrected chi connectivity index (χ2v) is 7.63. The second-order valence-electron chi connectivity index (χ2n) is 7.63. The van der Waals surface area contributed by atoms with Gasteiger partial charge in [-0.3, -0.25) is 9.59 Å². The molecule has 1 N–H and O–H groups in total. The Kier molecular flexibility index (Phi) is 7.71. The molecule has 0 radical (unpaired) electrons. The highest BCUT2D eigenvalue weighted by atomic mass is 16.5. The van der Waals surface area contributed by atoms with Crippen molar-refractivity contribution in [3.05, 3.63) is 64.5 Å². The zero-order chi connectivity index (χ0) is 24.0. The Hall–Kier alpha value is -3.81. The SMILES string of the molecule is CCC(C)C(NC(=O)COc1ccc2c(=O)c(Oc3ccccc3)c(C)oc2c1)C(=O)OC. The summed E-state index contributed by atoms with van der Waals surface area (Å²) < 4.78 is 21.8. The maximum Gasteiger partial charge on any atom is 0.328 e. The Morgan fingerprint density at radius 3 is 2.48 bits per heavy atom. The summed E-state index contributed by atoms with van der Waals surface area (Å²) in [7, 11) is 1.28. The maximum absolute atomic E-state index is 12.9. The summed E-state index contributed by atoms with van der Waals surface area (Å²) in [4.78, 5) is 37.2. The van der Waals surface area contributed by atoms with E-state index in [-0.39, 0.29) is 23.7 Å². The lowest BCUT2D eigenvalue weighted by Gasteiger charge is -2.21. The molecule has 1 amide bonds. The molecule has 0 spiro atoms. The van der Waals surface area contributed by atoms with Crippen molar-refractivity contribution in [1.29, 1.82) is 0 Å². The first kappa shape index (κ1) is 23.8. The quantitative estimate of drug-likeness (QED) is 0.489. The van der Waals surface area contributed by atoms with Crippen LogP contribution in [0.2, 0.25) is 0 Å². The Morgan fingerprint density at radius 2 is 1.82 bits per heavy atom. The Balaban J connectivity index is 1.73. The van der Waals surface area contributed by atoms with Crippen LogP contribution >= 0.6 is 0 Å². The molecule has 0 aliphatic heterocycles. The average molecular weight is 453 g/mol. The van der Waals surface area contributed by atoms with Crippen LogP contribution < -0.4 is 20.2 Å². The first-order valence-corrected chi connectivity index (χ1v) is 10.6. The number of carbonyl (C=O) groups excluding carboxylic acids is 2. The highest BCUT2D eigenvalue weighted by molar-refractivity contribution is 5.85. The van der Waals surface area contributed by atoms with Crippen molar-refractivity contribution >= 4 is 22.8 Å². The topological polar surface area (TPSA) is 104 Å². The van der Waals surface area contributed by atoms with Gasteiger partial charge < -0.3 is 23.9 Å². The van der Waals surface area contributed by atoms with Gasteiger partial charge in [0, 0.05) is 6.07 Å². The lowest BCUT2D eigenvalue weighted by molar-refractivity contribution is -0.146. The van der Waals surface area contributed by atoms with Crippen molar-refractivity contribution in [3.8, 4) is 17.2 Å². The maximum atomic E-state index is 12.9. The van der Waals surface area contributed by atoms with E-state index in [4.69, 9.17) is 18.6 Å². The van der Waals surface area contributed by atoms with Crippen molar-refractivity contribution in [1.82, 2.24) is 5.32 Å². The van der Waals surface area contributed by atoms with Crippen molar-refractivity contribution in [2.45, 2.75) is 33.2 Å². The van der Waals surface area contributed by atoms with E-state index in [1.165, 1.54) is 13.2 Å². The van der Waals surface area contributed by atoms with Gasteiger partial charge in [0.05, 0.1) is 12.5 Å². The van der Waals surface area contributed by atoms with Gasteiger partial charge in [0.15, 0.2) is 6.61 Å². The van der Waals surface area contributed by atoms with Gasteiger partial charge in [-0.25, -0.2) is 4.79 Å². The zero-order valence-corrected chi connectivity index (χ0v) is 19.0. The van der Waals surface area contributed by atoms with Crippen molar-refractivity contribution in [2.24, 2.45) is 5.92 Å². The number of hydrogen-bond donors (Lipinski definition) is 1. The van der Waals surface area contributed by atoms with Gasteiger partial charge in [0.2, 0.25) is 11.2 Å². The molecule has 2 unspecified atom stereocenters. The number of rotatable bonds is 9. The second kappa shape index (κ2) is 10.7. The molecule has 1 aromatic heterocycles. The molecule has 8 heteroatoms. The summed E-state index contributed by atoms with van der Waals surface area (Å²) in [5.41, 5.74) is -0.000712. The van der Waals surface area contributed by atoms with Gasteiger partial charge in [-0.05, 0) is 37.1 Å². The van der Waals surface area contributed by atoms with E-state index >= 15 is 0 Å². The molecule has 0 aliphatic carbocycles. The van der Waals surface area contributed by atoms with E-state index in [0.717, 1.165) is 0 Å². The largest absolute Gasteiger partial charge is 0.484 e. The third-order valence-electron chi connectivity index (χ3n) is 5.30. The number of esters is 1. The Bertz CT molecular complexity index is 1190. The fourth-order valence-electron chi connectivity index (χ4n) is 3.24. The lowest BCUT2D eigenvalue weighted by atomic mass is 9.99. The molecule has 3 rings (SSSR count). The van der Waals surface area contributed by atoms with Crippen LogP contribution in [0, 0.1) is 12.8 Å². The van der Waals surface area contributed by atoms with Gasteiger partial charge in [-0.15, -0.1) is 0 Å². The number of aryl methyl sites for hydroxylation is 1. The van der Waals surface area contributed by atoms with Crippen LogP contribution in [-0.2, 0) is 14.3 Å². The molecule has 0 fully saturated rings. The van der Waals surface area contributed by atoms with Crippen LogP contribution in [0.3, 0.4) is 0 Å². The van der Waals surface area contributed by atoms with Crippen molar-refractivity contribution in [2.75, 3.05) is 13.7 Å². The Morgan fingerprint density at radius 1 is 1.09 bits per heavy atom. The van der Waals surface area contributed by atoms with E-state index in [1.54, 1.807) is 31.2 Å². The van der Waals surface area contributed by atoms with Gasteiger partial charge in [-0.2, -0.15) is 0 Å². The monoisotopic (exact) mass is 453 g/mol. The lowest BCUT2D eigenvalue weighted by Crippen LogP contribution is -2.47. The molecular weight excluding hydrogens is 426 g/mol. The summed E-state index contributed by atoms with van der Waals surface area (Å²) in [5.74, 6) is 0.244. The predicted octanol–water partition coefficient (Wildman–Crippen LogP) is 3.98. The van der Waals surface area contributed by atoms with Crippen LogP contribution in [0.25, 0.3) is 11.0 Å². The zero-order valence-electron chi connectivity index (χ0n) is 19.0. The number of benzene rings is 2. The fraction of sp³-hybridized carbons (Fsp3) is 0.320. The summed E-state index contributed by atoms with van der Waals surface area (Å²) in [6.45, 7) is 5.10. The normalized spacial score (nSPS) is 12.6. The molecule has 33 heavy (non-hydrogen) atoms. The van der Waals surface area contributed by atoms with E-state index in [9.17, 15) is 14.4 Å². The molecule has 0 saturated heterocycles. The Labute approximate surface area is 191 Å². The number of para-hydroxylation sites is 1. The van der Waals surface area contributed by atoms with Gasteiger partial charge in [0.1, 0.15) is 28.9 Å². The molecule has 3 aromatic rings. The third-order valence-corrected chi connectivity index (χ3v) is 5.30. The third kappa shape index (κ3) is 5.71. The number of carbonyl (C=O) groups is 2. The molecule has 8 nitrogen and oxygen atoms in total. The molecular formula is C25H27NO7. The molecule has 0 bridgehead atoms. The minimum atomic E-state index is -0.753. The number of methoxy groups -OCH3 is 1. The molecule has 2 aromatic carbocycles. The first-order chi connectivity index (χ1) is 15.8. The fourth-order valence-corrected chi connectivity index (χ4v) is 3.24. The van der Waals surface area contributed by atoms with E-state index in [1.807, 2.05) is 32.0 Å².